The molecule has 0 spiro atoms. The second-order valence-electron chi connectivity index (χ2n) is 14.7. The van der Waals surface area contributed by atoms with Crippen molar-refractivity contribution in [2.75, 3.05) is 4.90 Å². The molecule has 9 aromatic carbocycles. The number of rotatable bonds is 7. The van der Waals surface area contributed by atoms with Gasteiger partial charge in [0.2, 0.25) is 0 Å². The normalized spacial score (nSPS) is 12.2. The van der Waals surface area contributed by atoms with E-state index in [0.29, 0.717) is 0 Å². The van der Waals surface area contributed by atoms with Gasteiger partial charge in [0.15, 0.2) is 0 Å². The van der Waals surface area contributed by atoms with Crippen LogP contribution in [0.25, 0.3) is 66.1 Å². The minimum absolute atomic E-state index is 0.840. The molecule has 1 aromatic heterocycles. The summed E-state index contributed by atoms with van der Waals surface area (Å²) in [6, 6.07) is 73.8. The first-order chi connectivity index (χ1) is 28.2. The zero-order chi connectivity index (χ0) is 37.7. The van der Waals surface area contributed by atoms with E-state index in [4.69, 9.17) is 9.41 Å². The molecule has 1 aliphatic heterocycles. The zero-order valence-electron chi connectivity index (χ0n) is 31.1. The van der Waals surface area contributed by atoms with Gasteiger partial charge in [0.05, 0.1) is 17.1 Å². The highest BCUT2D eigenvalue weighted by molar-refractivity contribution is 6.17. The average Bonchev–Trinajstić information content (AvgIpc) is 3.90. The Balaban J connectivity index is 1.11. The summed E-state index contributed by atoms with van der Waals surface area (Å²) in [6.07, 6.45) is 0.840. The van der Waals surface area contributed by atoms with Gasteiger partial charge in [-0.15, -0.1) is 0 Å². The number of aliphatic imine (C=N–C) groups is 1. The Morgan fingerprint density at radius 2 is 0.982 bits per heavy atom. The lowest BCUT2D eigenvalue weighted by Crippen LogP contribution is -2.11. The van der Waals surface area contributed by atoms with Gasteiger partial charge in [0.1, 0.15) is 11.2 Å². The van der Waals surface area contributed by atoms with E-state index in [-0.39, 0.29) is 0 Å². The second-order valence-corrected chi connectivity index (χ2v) is 14.7. The fourth-order valence-electron chi connectivity index (χ4n) is 8.40. The molecule has 3 heteroatoms. The van der Waals surface area contributed by atoms with Crippen LogP contribution in [-0.2, 0) is 6.42 Å². The molecule has 268 valence electrons. The highest BCUT2D eigenvalue weighted by Crippen LogP contribution is 2.46. The van der Waals surface area contributed by atoms with E-state index < -0.39 is 0 Å². The summed E-state index contributed by atoms with van der Waals surface area (Å²) in [5.74, 6) is 0. The summed E-state index contributed by atoms with van der Waals surface area (Å²) in [5, 5.41) is 4.44. The maximum absolute atomic E-state index is 6.62. The third kappa shape index (κ3) is 5.89. The first-order valence-electron chi connectivity index (χ1n) is 19.5. The van der Waals surface area contributed by atoms with Gasteiger partial charge in [-0.1, -0.05) is 152 Å². The number of benzene rings is 9. The van der Waals surface area contributed by atoms with Crippen LogP contribution in [0.4, 0.5) is 22.7 Å². The molecule has 57 heavy (non-hydrogen) atoms. The number of nitrogens with zero attached hydrogens (tertiary/aromatic N) is 2. The van der Waals surface area contributed by atoms with Crippen molar-refractivity contribution in [3.63, 3.8) is 0 Å². The average molecular weight is 729 g/mol. The summed E-state index contributed by atoms with van der Waals surface area (Å²) in [6.45, 7) is 0. The Hall–Kier alpha value is -7.49. The van der Waals surface area contributed by atoms with Crippen molar-refractivity contribution in [1.82, 2.24) is 0 Å². The molecule has 0 bridgehead atoms. The Kier molecular flexibility index (Phi) is 7.89. The summed E-state index contributed by atoms with van der Waals surface area (Å²) in [7, 11) is 0. The fraction of sp³-hybridized carbons (Fsp3) is 0.0185. The number of hydrogen-bond donors (Lipinski definition) is 0. The van der Waals surface area contributed by atoms with Crippen LogP contribution in [0.2, 0.25) is 0 Å². The Labute approximate surface area is 331 Å². The van der Waals surface area contributed by atoms with E-state index in [1.54, 1.807) is 0 Å². The maximum atomic E-state index is 6.62. The molecule has 0 saturated carbocycles. The van der Waals surface area contributed by atoms with Gasteiger partial charge in [-0.2, -0.15) is 0 Å². The molecule has 0 saturated heterocycles. The van der Waals surface area contributed by atoms with Crippen molar-refractivity contribution in [1.29, 1.82) is 0 Å². The van der Waals surface area contributed by atoms with Crippen LogP contribution in [0.1, 0.15) is 11.1 Å². The number of hydrogen-bond acceptors (Lipinski definition) is 3. The standard InChI is InChI=1S/C54H36N2O/c1-3-11-36(12-4-1)38-23-28-44(29-24-38)56(45-30-25-39(26-31-45)37-13-5-2-6-14-37)52-34-42-27-32-47-46-16-8-10-18-53(46)57-54(47)49(42)35-48(52)40-19-21-41(22-20-40)51-33-43-15-7-9-17-50(43)55-51/h1-32,34-35H,33H2. The third-order valence-corrected chi connectivity index (χ3v) is 11.3. The van der Waals surface area contributed by atoms with E-state index >= 15 is 0 Å². The molecule has 2 heterocycles. The van der Waals surface area contributed by atoms with Gasteiger partial charge in [-0.3, -0.25) is 4.99 Å². The molecule has 0 fully saturated rings. The van der Waals surface area contributed by atoms with Gasteiger partial charge in [-0.05, 0) is 98.9 Å². The van der Waals surface area contributed by atoms with Crippen LogP contribution in [0.3, 0.4) is 0 Å². The molecule has 0 unspecified atom stereocenters. The lowest BCUT2D eigenvalue weighted by atomic mass is 9.94. The van der Waals surface area contributed by atoms with E-state index in [1.807, 2.05) is 6.07 Å². The molecule has 11 rings (SSSR count). The molecular formula is C54H36N2O. The highest BCUT2D eigenvalue weighted by Gasteiger charge is 2.22. The van der Waals surface area contributed by atoms with Crippen molar-refractivity contribution >= 4 is 61.2 Å². The van der Waals surface area contributed by atoms with Crippen LogP contribution in [0.15, 0.2) is 216 Å². The van der Waals surface area contributed by atoms with E-state index in [1.165, 1.54) is 27.8 Å². The van der Waals surface area contributed by atoms with Crippen LogP contribution in [0, 0.1) is 0 Å². The van der Waals surface area contributed by atoms with E-state index in [9.17, 15) is 0 Å². The highest BCUT2D eigenvalue weighted by atomic mass is 16.3. The lowest BCUT2D eigenvalue weighted by Gasteiger charge is -2.29. The van der Waals surface area contributed by atoms with Gasteiger partial charge < -0.3 is 9.32 Å². The molecular weight excluding hydrogens is 693 g/mol. The molecule has 0 aliphatic carbocycles. The zero-order valence-corrected chi connectivity index (χ0v) is 31.1. The van der Waals surface area contributed by atoms with Crippen molar-refractivity contribution in [2.45, 2.75) is 6.42 Å². The maximum Gasteiger partial charge on any atom is 0.143 e. The van der Waals surface area contributed by atoms with E-state index in [0.717, 1.165) is 84.3 Å². The molecule has 1 aliphatic rings. The minimum Gasteiger partial charge on any atom is -0.455 e. The number of anilines is 3. The molecule has 3 nitrogen and oxygen atoms in total. The predicted molar refractivity (Wildman–Crippen MR) is 239 cm³/mol. The van der Waals surface area contributed by atoms with Crippen LogP contribution in [0.5, 0.6) is 0 Å². The Morgan fingerprint density at radius 3 is 1.65 bits per heavy atom. The topological polar surface area (TPSA) is 28.7 Å². The van der Waals surface area contributed by atoms with Gasteiger partial charge in [0.25, 0.3) is 0 Å². The van der Waals surface area contributed by atoms with Gasteiger partial charge in [0, 0.05) is 39.5 Å². The van der Waals surface area contributed by atoms with Crippen LogP contribution in [-0.4, -0.2) is 5.71 Å². The minimum atomic E-state index is 0.840. The number of furan rings is 1. The van der Waals surface area contributed by atoms with Gasteiger partial charge >= 0.3 is 0 Å². The van der Waals surface area contributed by atoms with Crippen molar-refractivity contribution < 1.29 is 4.42 Å². The van der Waals surface area contributed by atoms with Crippen molar-refractivity contribution in [3.8, 4) is 33.4 Å². The number of fused-ring (bicyclic) bond motifs is 6. The SMILES string of the molecule is c1ccc(-c2ccc(N(c3ccc(-c4ccccc4)cc3)c3cc4ccc5c6ccccc6oc5c4cc3-c3ccc(C4=Nc5ccccc5C4)cc3)cc2)cc1. The third-order valence-electron chi connectivity index (χ3n) is 11.3. The second kappa shape index (κ2) is 13.7. The first kappa shape index (κ1) is 32.9. The predicted octanol–water partition coefficient (Wildman–Crippen LogP) is 14.9. The lowest BCUT2D eigenvalue weighted by molar-refractivity contribution is 0.672. The smallest absolute Gasteiger partial charge is 0.143 e. The van der Waals surface area contributed by atoms with Gasteiger partial charge in [-0.25, -0.2) is 0 Å². The first-order valence-corrected chi connectivity index (χ1v) is 19.5. The molecule has 0 radical (unpaired) electrons. The fourth-order valence-corrected chi connectivity index (χ4v) is 8.40. The van der Waals surface area contributed by atoms with Crippen LogP contribution >= 0.6 is 0 Å². The summed E-state index contributed by atoms with van der Waals surface area (Å²) < 4.78 is 6.62. The van der Waals surface area contributed by atoms with E-state index in [2.05, 4.69) is 205 Å². The summed E-state index contributed by atoms with van der Waals surface area (Å²) in [5.41, 5.74) is 16.6. The molecule has 0 amide bonds. The summed E-state index contributed by atoms with van der Waals surface area (Å²) >= 11 is 0. The molecule has 10 aromatic rings. The monoisotopic (exact) mass is 728 g/mol. The largest absolute Gasteiger partial charge is 0.455 e. The van der Waals surface area contributed by atoms with Crippen molar-refractivity contribution in [3.05, 3.63) is 217 Å². The summed E-state index contributed by atoms with van der Waals surface area (Å²) in [4.78, 5) is 7.39. The number of para-hydroxylation sites is 2. The Bertz CT molecular complexity index is 3020. The molecule has 0 atom stereocenters. The quantitative estimate of drug-likeness (QED) is 0.163. The van der Waals surface area contributed by atoms with Crippen molar-refractivity contribution in [2.24, 2.45) is 4.99 Å². The molecule has 0 N–H and O–H groups in total. The Morgan fingerprint density at radius 1 is 0.421 bits per heavy atom. The van der Waals surface area contributed by atoms with Crippen LogP contribution < -0.4 is 4.90 Å².